The summed E-state index contributed by atoms with van der Waals surface area (Å²) in [4.78, 5) is 11.0. The van der Waals surface area contributed by atoms with Crippen molar-refractivity contribution in [2.45, 2.75) is 31.8 Å². The van der Waals surface area contributed by atoms with Gasteiger partial charge in [0.25, 0.3) is 10.0 Å². The first-order chi connectivity index (χ1) is 12.7. The van der Waals surface area contributed by atoms with Gasteiger partial charge in [-0.25, -0.2) is 12.8 Å². The first kappa shape index (κ1) is 21.7. The van der Waals surface area contributed by atoms with Crippen LogP contribution in [0, 0.1) is 11.2 Å². The molecule has 0 saturated heterocycles. The number of hydrogen-bond donors (Lipinski definition) is 2. The van der Waals surface area contributed by atoms with Crippen molar-refractivity contribution in [3.8, 4) is 0 Å². The zero-order chi connectivity index (χ0) is 21.3. The van der Waals surface area contributed by atoms with E-state index in [2.05, 4.69) is 10.0 Å². The Bertz CT molecular complexity index is 979. The lowest BCUT2D eigenvalue weighted by Crippen LogP contribution is -2.27. The molecule has 0 aromatic heterocycles. The second-order valence-electron chi connectivity index (χ2n) is 7.03. The van der Waals surface area contributed by atoms with E-state index in [0.717, 1.165) is 0 Å². The molecule has 2 rings (SSSR count). The Morgan fingerprint density at radius 1 is 0.929 bits per heavy atom. The van der Waals surface area contributed by atoms with Gasteiger partial charge in [0.05, 0.1) is 5.56 Å². The Labute approximate surface area is 159 Å². The summed E-state index contributed by atoms with van der Waals surface area (Å²) in [5.41, 5.74) is -1.44. The molecular weight excluding hydrogens is 400 g/mol. The van der Waals surface area contributed by atoms with Crippen molar-refractivity contribution < 1.29 is 30.8 Å². The quantitative estimate of drug-likeness (QED) is 0.711. The van der Waals surface area contributed by atoms with Crippen molar-refractivity contribution in [1.29, 1.82) is 0 Å². The first-order valence-corrected chi connectivity index (χ1v) is 9.49. The van der Waals surface area contributed by atoms with Crippen LogP contribution >= 0.6 is 0 Å². The average Bonchev–Trinajstić information content (AvgIpc) is 2.54. The number of sulfonamides is 1. The van der Waals surface area contributed by atoms with E-state index in [0.29, 0.717) is 17.8 Å². The highest BCUT2D eigenvalue weighted by Gasteiger charge is 2.32. The van der Waals surface area contributed by atoms with E-state index < -0.39 is 37.9 Å². The molecule has 0 bridgehead atoms. The fourth-order valence-electron chi connectivity index (χ4n) is 2.05. The zero-order valence-electron chi connectivity index (χ0n) is 15.2. The fraction of sp³-hybridized carbons (Fsp3) is 0.278. The van der Waals surface area contributed by atoms with E-state index in [1.807, 2.05) is 0 Å². The van der Waals surface area contributed by atoms with Crippen LogP contribution < -0.4 is 10.0 Å². The number of carbonyl (C=O) groups is 1. The smallest absolute Gasteiger partial charge is 0.326 e. The topological polar surface area (TPSA) is 75.3 Å². The number of carbonyl (C=O) groups excluding carboxylic acids is 1. The fourth-order valence-corrected chi connectivity index (χ4v) is 3.16. The van der Waals surface area contributed by atoms with E-state index in [-0.39, 0.29) is 17.7 Å². The molecule has 0 saturated carbocycles. The van der Waals surface area contributed by atoms with E-state index >= 15 is 0 Å². The average molecular weight is 418 g/mol. The van der Waals surface area contributed by atoms with Crippen LogP contribution in [0.4, 0.5) is 28.9 Å². The highest BCUT2D eigenvalue weighted by Crippen LogP contribution is 2.31. The normalized spacial score (nSPS) is 12.5. The Morgan fingerprint density at radius 2 is 1.46 bits per heavy atom. The minimum atomic E-state index is -4.79. The lowest BCUT2D eigenvalue weighted by molar-refractivity contribution is -0.137. The van der Waals surface area contributed by atoms with Crippen LogP contribution in [0.25, 0.3) is 0 Å². The van der Waals surface area contributed by atoms with Crippen molar-refractivity contribution in [2.75, 3.05) is 10.0 Å². The molecule has 0 atom stereocenters. The van der Waals surface area contributed by atoms with E-state index in [4.69, 9.17) is 0 Å². The molecule has 2 N–H and O–H groups in total. The van der Waals surface area contributed by atoms with Crippen LogP contribution in [0.2, 0.25) is 0 Å². The molecule has 5 nitrogen and oxygen atoms in total. The van der Waals surface area contributed by atoms with Crippen molar-refractivity contribution in [2.24, 2.45) is 5.41 Å². The third kappa shape index (κ3) is 5.22. The summed E-state index contributed by atoms with van der Waals surface area (Å²) in [5.74, 6) is -1.76. The summed E-state index contributed by atoms with van der Waals surface area (Å²) in [6.45, 7) is 5.18. The van der Waals surface area contributed by atoms with Gasteiger partial charge in [-0.1, -0.05) is 20.8 Å². The summed E-state index contributed by atoms with van der Waals surface area (Å²) in [6.07, 6.45) is -4.79. The number of alkyl halides is 3. The molecule has 152 valence electrons. The highest BCUT2D eigenvalue weighted by atomic mass is 32.2. The summed E-state index contributed by atoms with van der Waals surface area (Å²) < 4.78 is 78.3. The third-order valence-corrected chi connectivity index (χ3v) is 5.04. The van der Waals surface area contributed by atoms with Gasteiger partial charge in [0.2, 0.25) is 5.91 Å². The molecule has 0 radical (unpaired) electrons. The molecule has 2 aromatic carbocycles. The van der Waals surface area contributed by atoms with Crippen LogP contribution in [0.5, 0.6) is 0 Å². The molecule has 0 aliphatic carbocycles. The maximum Gasteiger partial charge on any atom is 0.416 e. The van der Waals surface area contributed by atoms with E-state index in [9.17, 15) is 30.8 Å². The first-order valence-electron chi connectivity index (χ1n) is 8.01. The number of rotatable bonds is 4. The molecule has 0 fully saturated rings. The molecule has 0 heterocycles. The van der Waals surface area contributed by atoms with Crippen LogP contribution in [-0.2, 0) is 21.0 Å². The van der Waals surface area contributed by atoms with Gasteiger partial charge in [-0.3, -0.25) is 9.52 Å². The predicted octanol–water partition coefficient (Wildman–Crippen LogP) is 4.63. The van der Waals surface area contributed by atoms with E-state index in [1.165, 1.54) is 24.3 Å². The zero-order valence-corrected chi connectivity index (χ0v) is 16.0. The summed E-state index contributed by atoms with van der Waals surface area (Å²) in [7, 11) is -4.45. The van der Waals surface area contributed by atoms with Gasteiger partial charge in [-0.15, -0.1) is 0 Å². The standard InChI is InChI=1S/C18H18F4N2O3S/c1-17(2,3)16(25)23-12-5-7-13(8-6-12)24-28(26,27)15-9-4-11(10-14(15)19)18(20,21)22/h4-10,24H,1-3H3,(H,23,25). The maximum atomic E-state index is 13.9. The molecule has 1 amide bonds. The summed E-state index contributed by atoms with van der Waals surface area (Å²) in [5, 5.41) is 2.65. The second kappa shape index (κ2) is 7.42. The monoisotopic (exact) mass is 418 g/mol. The van der Waals surface area contributed by atoms with Crippen molar-refractivity contribution in [1.82, 2.24) is 0 Å². The molecule has 0 aliphatic heterocycles. The summed E-state index contributed by atoms with van der Waals surface area (Å²) in [6, 6.07) is 6.70. The van der Waals surface area contributed by atoms with Crippen LogP contribution in [0.3, 0.4) is 0 Å². The minimum Gasteiger partial charge on any atom is -0.326 e. The molecule has 0 spiro atoms. The van der Waals surface area contributed by atoms with Crippen molar-refractivity contribution in [3.63, 3.8) is 0 Å². The van der Waals surface area contributed by atoms with E-state index in [1.54, 1.807) is 20.8 Å². The van der Waals surface area contributed by atoms with Gasteiger partial charge in [-0.2, -0.15) is 13.2 Å². The number of anilines is 2. The molecular formula is C18H18F4N2O3S. The van der Waals surface area contributed by atoms with Gasteiger partial charge in [-0.05, 0) is 42.5 Å². The number of halogens is 4. The molecule has 28 heavy (non-hydrogen) atoms. The Balaban J connectivity index is 2.20. The molecule has 0 aliphatic rings. The van der Waals surface area contributed by atoms with Crippen LogP contribution in [0.15, 0.2) is 47.4 Å². The van der Waals surface area contributed by atoms with Crippen LogP contribution in [-0.4, -0.2) is 14.3 Å². The molecule has 10 heteroatoms. The minimum absolute atomic E-state index is 0.0491. The second-order valence-corrected chi connectivity index (χ2v) is 8.68. The van der Waals surface area contributed by atoms with Crippen molar-refractivity contribution >= 4 is 27.3 Å². The Kier molecular flexibility index (Phi) is 5.74. The van der Waals surface area contributed by atoms with Gasteiger partial charge >= 0.3 is 6.18 Å². The number of hydrogen-bond acceptors (Lipinski definition) is 3. The largest absolute Gasteiger partial charge is 0.416 e. The van der Waals surface area contributed by atoms with Crippen molar-refractivity contribution in [3.05, 3.63) is 53.8 Å². The summed E-state index contributed by atoms with van der Waals surface area (Å²) >= 11 is 0. The van der Waals surface area contributed by atoms with Gasteiger partial charge in [0.1, 0.15) is 10.7 Å². The predicted molar refractivity (Wildman–Crippen MR) is 96.7 cm³/mol. The Hall–Kier alpha value is -2.62. The van der Waals surface area contributed by atoms with Gasteiger partial charge in [0.15, 0.2) is 0 Å². The highest BCUT2D eigenvalue weighted by molar-refractivity contribution is 7.92. The number of nitrogens with one attached hydrogen (secondary N) is 2. The SMILES string of the molecule is CC(C)(C)C(=O)Nc1ccc(NS(=O)(=O)c2ccc(C(F)(F)F)cc2F)cc1. The van der Waals surface area contributed by atoms with Gasteiger partial charge in [0, 0.05) is 16.8 Å². The maximum absolute atomic E-state index is 13.9. The third-order valence-electron chi connectivity index (χ3n) is 3.62. The number of amides is 1. The molecule has 2 aromatic rings. The van der Waals surface area contributed by atoms with Crippen LogP contribution in [0.1, 0.15) is 26.3 Å². The van der Waals surface area contributed by atoms with Gasteiger partial charge < -0.3 is 5.32 Å². The lowest BCUT2D eigenvalue weighted by atomic mass is 9.95. The lowest BCUT2D eigenvalue weighted by Gasteiger charge is -2.18. The Morgan fingerprint density at radius 3 is 1.93 bits per heavy atom. The molecule has 0 unspecified atom stereocenters. The number of benzene rings is 2.